The summed E-state index contributed by atoms with van der Waals surface area (Å²) in [6.07, 6.45) is 4.62. The molecule has 0 spiro atoms. The third-order valence-corrected chi connectivity index (χ3v) is 1.20. The molecule has 0 amide bonds. The minimum atomic E-state index is 0.988. The van der Waals surface area contributed by atoms with Crippen molar-refractivity contribution < 1.29 is 0 Å². The van der Waals surface area contributed by atoms with E-state index in [1.807, 2.05) is 17.7 Å². The fourth-order valence-electron chi connectivity index (χ4n) is 0.670. The second-order valence-electron chi connectivity index (χ2n) is 1.70. The average molecular weight is 109 g/mol. The Kier molecular flexibility index (Phi) is 1.33. The molecule has 2 nitrogen and oxygen atoms in total. The van der Waals surface area contributed by atoms with Gasteiger partial charge in [0, 0.05) is 12.7 Å². The molecule has 0 bridgehead atoms. The van der Waals surface area contributed by atoms with Crippen LogP contribution >= 0.6 is 0 Å². The normalized spacial score (nSPS) is 9.75. The van der Waals surface area contributed by atoms with Crippen molar-refractivity contribution in [3.63, 3.8) is 0 Å². The van der Waals surface area contributed by atoms with Gasteiger partial charge in [0.25, 0.3) is 0 Å². The molecule has 1 aromatic heterocycles. The molecule has 1 aromatic rings. The molecule has 1 heterocycles. The lowest BCUT2D eigenvalue weighted by Gasteiger charge is -1.95. The van der Waals surface area contributed by atoms with Crippen molar-refractivity contribution in [2.75, 3.05) is 0 Å². The molecule has 0 unspecified atom stereocenters. The van der Waals surface area contributed by atoms with E-state index < -0.39 is 0 Å². The summed E-state index contributed by atoms with van der Waals surface area (Å²) in [6.45, 7) is 5.05. The highest BCUT2D eigenvalue weighted by Gasteiger charge is 1.89. The third kappa shape index (κ3) is 0.735. The Morgan fingerprint density at radius 2 is 2.62 bits per heavy atom. The molecule has 43 valence electrons. The highest BCUT2D eigenvalue weighted by atomic mass is 15.0. The van der Waals surface area contributed by atoms with E-state index in [4.69, 9.17) is 0 Å². The Balaban J connectivity index is 2.92. The maximum Gasteiger partial charge on any atom is 0.109 e. The number of rotatable bonds is 1. The van der Waals surface area contributed by atoms with E-state index in [9.17, 15) is 0 Å². The molecule has 1 radical (unpaired) electrons. The van der Waals surface area contributed by atoms with Gasteiger partial charge < -0.3 is 4.57 Å². The molecular weight excluding hydrogens is 100 g/mol. The lowest BCUT2D eigenvalue weighted by atomic mass is 10.6. The number of aromatic nitrogens is 2. The van der Waals surface area contributed by atoms with Crippen LogP contribution in [0, 0.1) is 13.1 Å². The highest BCUT2D eigenvalue weighted by Crippen LogP contribution is 1.91. The largest absolute Gasteiger partial charge is 0.335 e. The first-order valence-electron chi connectivity index (χ1n) is 2.74. The number of hydrogen-bond acceptors (Lipinski definition) is 1. The highest BCUT2D eigenvalue weighted by molar-refractivity contribution is 4.85. The van der Waals surface area contributed by atoms with E-state index in [0.29, 0.717) is 0 Å². The zero-order valence-corrected chi connectivity index (χ0v) is 5.18. The maximum atomic E-state index is 3.93. The topological polar surface area (TPSA) is 17.8 Å². The van der Waals surface area contributed by atoms with Crippen LogP contribution in [0.25, 0.3) is 0 Å². The van der Waals surface area contributed by atoms with Crippen molar-refractivity contribution in [1.29, 1.82) is 0 Å². The maximum absolute atomic E-state index is 3.93. The van der Waals surface area contributed by atoms with Gasteiger partial charge in [-0.3, -0.25) is 0 Å². The summed E-state index contributed by atoms with van der Waals surface area (Å²) in [6, 6.07) is 0. The van der Waals surface area contributed by atoms with Crippen molar-refractivity contribution in [2.45, 2.75) is 20.4 Å². The Labute approximate surface area is 49.2 Å². The van der Waals surface area contributed by atoms with Gasteiger partial charge in [0.05, 0.1) is 0 Å². The molecule has 8 heavy (non-hydrogen) atoms. The molecule has 1 rings (SSSR count). The lowest BCUT2D eigenvalue weighted by Crippen LogP contribution is -1.93. The van der Waals surface area contributed by atoms with Crippen molar-refractivity contribution in [1.82, 2.24) is 9.55 Å². The average Bonchev–Trinajstić information content (AvgIpc) is 2.14. The number of hydrogen-bond donors (Lipinski definition) is 0. The van der Waals surface area contributed by atoms with E-state index in [-0.39, 0.29) is 0 Å². The predicted molar refractivity (Wildman–Crippen MR) is 31.5 cm³/mol. The summed E-state index contributed by atoms with van der Waals surface area (Å²) < 4.78 is 2.04. The fraction of sp³-hybridized carbons (Fsp3) is 0.500. The quantitative estimate of drug-likeness (QED) is 0.526. The number of imidazole rings is 1. The lowest BCUT2D eigenvalue weighted by molar-refractivity contribution is 0.730. The molecule has 0 saturated carbocycles. The molecule has 0 fully saturated rings. The predicted octanol–water partition coefficient (Wildman–Crippen LogP) is 1.01. The van der Waals surface area contributed by atoms with Crippen LogP contribution in [0.15, 0.2) is 6.20 Å². The summed E-state index contributed by atoms with van der Waals surface area (Å²) in [7, 11) is 0. The van der Waals surface area contributed by atoms with Crippen LogP contribution in [0.4, 0.5) is 0 Å². The summed E-state index contributed by atoms with van der Waals surface area (Å²) in [5, 5.41) is 0. The summed E-state index contributed by atoms with van der Waals surface area (Å²) >= 11 is 0. The first-order chi connectivity index (χ1) is 3.84. The van der Waals surface area contributed by atoms with Gasteiger partial charge >= 0.3 is 0 Å². The van der Waals surface area contributed by atoms with Crippen molar-refractivity contribution in [2.24, 2.45) is 0 Å². The van der Waals surface area contributed by atoms with E-state index in [2.05, 4.69) is 18.1 Å². The molecule has 0 aliphatic heterocycles. The minimum Gasteiger partial charge on any atom is -0.335 e. The van der Waals surface area contributed by atoms with Gasteiger partial charge in [0.2, 0.25) is 0 Å². The van der Waals surface area contributed by atoms with Gasteiger partial charge in [-0.15, -0.1) is 0 Å². The fourth-order valence-corrected chi connectivity index (χ4v) is 0.670. The molecule has 0 atom stereocenters. The Bertz CT molecular complexity index is 167. The minimum absolute atomic E-state index is 0.988. The van der Waals surface area contributed by atoms with E-state index in [1.54, 1.807) is 0 Å². The zero-order valence-electron chi connectivity index (χ0n) is 5.18. The van der Waals surface area contributed by atoms with Gasteiger partial charge in [0.1, 0.15) is 12.0 Å². The van der Waals surface area contributed by atoms with E-state index in [0.717, 1.165) is 12.4 Å². The second kappa shape index (κ2) is 1.99. The second-order valence-corrected chi connectivity index (χ2v) is 1.70. The van der Waals surface area contributed by atoms with Gasteiger partial charge in [-0.2, -0.15) is 0 Å². The van der Waals surface area contributed by atoms with Gasteiger partial charge in [-0.05, 0) is 13.8 Å². The van der Waals surface area contributed by atoms with Gasteiger partial charge in [-0.25, -0.2) is 4.98 Å². The molecule has 2 heteroatoms. The summed E-state index contributed by atoms with van der Waals surface area (Å²) in [5.41, 5.74) is 0. The van der Waals surface area contributed by atoms with Crippen LogP contribution in [0.3, 0.4) is 0 Å². The first-order valence-corrected chi connectivity index (χ1v) is 2.74. The Morgan fingerprint density at radius 1 is 1.88 bits per heavy atom. The number of nitrogens with zero attached hydrogens (tertiary/aromatic N) is 2. The van der Waals surface area contributed by atoms with Crippen molar-refractivity contribution in [3.8, 4) is 0 Å². The standard InChI is InChI=1S/C6H9N2/c1-3-8-5-4-7-6(8)2/h5H,3H2,1-2H3. The molecule has 0 N–H and O–H groups in total. The Hall–Kier alpha value is -0.790. The van der Waals surface area contributed by atoms with Crippen LogP contribution in [0.1, 0.15) is 12.7 Å². The Morgan fingerprint density at radius 3 is 2.88 bits per heavy atom. The molecule has 0 aromatic carbocycles. The first kappa shape index (κ1) is 5.35. The van der Waals surface area contributed by atoms with E-state index >= 15 is 0 Å². The molecular formula is C6H9N2. The monoisotopic (exact) mass is 109 g/mol. The summed E-state index contributed by atoms with van der Waals surface area (Å²) in [4.78, 5) is 3.93. The van der Waals surface area contributed by atoms with Crippen LogP contribution in [-0.2, 0) is 6.54 Å². The third-order valence-electron chi connectivity index (χ3n) is 1.20. The van der Waals surface area contributed by atoms with Crippen LogP contribution in [0.5, 0.6) is 0 Å². The van der Waals surface area contributed by atoms with Gasteiger partial charge in [0.15, 0.2) is 0 Å². The number of aryl methyl sites for hydroxylation is 2. The summed E-state index contributed by atoms with van der Waals surface area (Å²) in [5.74, 6) is 1.03. The molecule has 0 saturated heterocycles. The van der Waals surface area contributed by atoms with Gasteiger partial charge in [-0.1, -0.05) is 0 Å². The molecule has 0 aliphatic rings. The van der Waals surface area contributed by atoms with Crippen LogP contribution < -0.4 is 0 Å². The van der Waals surface area contributed by atoms with Crippen molar-refractivity contribution >= 4 is 0 Å². The van der Waals surface area contributed by atoms with Crippen molar-refractivity contribution in [3.05, 3.63) is 18.2 Å². The van der Waals surface area contributed by atoms with Crippen LogP contribution in [0.2, 0.25) is 0 Å². The zero-order chi connectivity index (χ0) is 5.98. The molecule has 0 aliphatic carbocycles. The van der Waals surface area contributed by atoms with Crippen LogP contribution in [-0.4, -0.2) is 9.55 Å². The van der Waals surface area contributed by atoms with E-state index in [1.165, 1.54) is 0 Å². The smallest absolute Gasteiger partial charge is 0.109 e. The SMILES string of the molecule is CCn1c[c]nc1C.